The van der Waals surface area contributed by atoms with Crippen molar-refractivity contribution in [3.05, 3.63) is 0 Å². The highest BCUT2D eigenvalue weighted by molar-refractivity contribution is 4.91. The predicted molar refractivity (Wildman–Crippen MR) is 71.0 cm³/mol. The third kappa shape index (κ3) is 4.17. The summed E-state index contributed by atoms with van der Waals surface area (Å²) in [5, 5.41) is 0. The van der Waals surface area contributed by atoms with Crippen LogP contribution in [0.5, 0.6) is 0 Å². The third-order valence-corrected chi connectivity index (χ3v) is 3.73. The first-order valence-electron chi connectivity index (χ1n) is 6.28. The average Bonchev–Trinajstić information content (AvgIpc) is 1.76. The van der Waals surface area contributed by atoms with Crippen LogP contribution in [0.1, 0.15) is 69.2 Å². The van der Waals surface area contributed by atoms with E-state index in [-0.39, 0.29) is 0 Å². The highest BCUT2D eigenvalue weighted by Crippen LogP contribution is 2.49. The molecule has 0 heterocycles. The Morgan fingerprint density at radius 2 is 0.800 bits per heavy atom. The summed E-state index contributed by atoms with van der Waals surface area (Å²) in [6, 6.07) is 0. The van der Waals surface area contributed by atoms with Gasteiger partial charge < -0.3 is 0 Å². The minimum Gasteiger partial charge on any atom is -0.0617 e. The molecule has 0 saturated heterocycles. The lowest BCUT2D eigenvalue weighted by atomic mass is 9.56. The van der Waals surface area contributed by atoms with E-state index in [0.29, 0.717) is 16.2 Å². The minimum atomic E-state index is 0.380. The Balaban J connectivity index is 5.16. The van der Waals surface area contributed by atoms with Crippen molar-refractivity contribution in [1.82, 2.24) is 0 Å². The van der Waals surface area contributed by atoms with Crippen LogP contribution in [0.25, 0.3) is 0 Å². The van der Waals surface area contributed by atoms with Crippen LogP contribution in [0.15, 0.2) is 0 Å². The number of hydrogen-bond donors (Lipinski definition) is 0. The van der Waals surface area contributed by atoms with Gasteiger partial charge in [0.25, 0.3) is 0 Å². The fraction of sp³-hybridized carbons (Fsp3) is 1.00. The monoisotopic (exact) mass is 212 g/mol. The molecule has 0 aliphatic heterocycles. The molecular formula is C15H32. The first-order chi connectivity index (χ1) is 6.28. The van der Waals surface area contributed by atoms with Crippen molar-refractivity contribution in [2.75, 3.05) is 0 Å². The molecule has 0 aromatic carbocycles. The Hall–Kier alpha value is 0. The second kappa shape index (κ2) is 4.11. The van der Waals surface area contributed by atoms with Gasteiger partial charge in [-0.25, -0.2) is 0 Å². The van der Waals surface area contributed by atoms with E-state index in [1.165, 1.54) is 0 Å². The highest BCUT2D eigenvalue weighted by Gasteiger charge is 2.42. The van der Waals surface area contributed by atoms with E-state index in [1.54, 1.807) is 0 Å². The molecule has 0 N–H and O–H groups in total. The molecule has 0 fully saturated rings. The molecule has 1 atom stereocenters. The Morgan fingerprint density at radius 1 is 0.533 bits per heavy atom. The third-order valence-electron chi connectivity index (χ3n) is 3.73. The molecule has 0 saturated carbocycles. The summed E-state index contributed by atoms with van der Waals surface area (Å²) < 4.78 is 0. The van der Waals surface area contributed by atoms with E-state index in [1.807, 2.05) is 0 Å². The standard InChI is InChI=1S/C15H32/c1-11(13(2,3)4)12(14(5,6)7)15(8,9)10/h11-12H,1-10H3. The van der Waals surface area contributed by atoms with Gasteiger partial charge in [0.05, 0.1) is 0 Å². The van der Waals surface area contributed by atoms with E-state index in [4.69, 9.17) is 0 Å². The highest BCUT2D eigenvalue weighted by atomic mass is 14.5. The molecule has 0 spiro atoms. The summed E-state index contributed by atoms with van der Waals surface area (Å²) in [5.74, 6) is 1.47. The minimum absolute atomic E-state index is 0.380. The van der Waals surface area contributed by atoms with E-state index in [9.17, 15) is 0 Å². The topological polar surface area (TPSA) is 0 Å². The van der Waals surface area contributed by atoms with Gasteiger partial charge in [0.2, 0.25) is 0 Å². The molecule has 0 rings (SSSR count). The normalized spacial score (nSPS) is 17.0. The molecule has 0 aliphatic carbocycles. The largest absolute Gasteiger partial charge is 0.0617 e. The van der Waals surface area contributed by atoms with E-state index < -0.39 is 0 Å². The summed E-state index contributed by atoms with van der Waals surface area (Å²) in [7, 11) is 0. The lowest BCUT2D eigenvalue weighted by molar-refractivity contribution is 0.000513. The zero-order valence-corrected chi connectivity index (χ0v) is 12.7. The van der Waals surface area contributed by atoms with Crippen LogP contribution < -0.4 is 0 Å². The van der Waals surface area contributed by atoms with E-state index in [2.05, 4.69) is 69.2 Å². The first-order valence-corrected chi connectivity index (χ1v) is 6.28. The lowest BCUT2D eigenvalue weighted by Gasteiger charge is -2.49. The van der Waals surface area contributed by atoms with Crippen molar-refractivity contribution >= 4 is 0 Å². The molecule has 0 aromatic rings. The number of hydrogen-bond acceptors (Lipinski definition) is 0. The van der Waals surface area contributed by atoms with Crippen LogP contribution in [0.2, 0.25) is 0 Å². The average molecular weight is 212 g/mol. The van der Waals surface area contributed by atoms with Gasteiger partial charge in [-0.1, -0.05) is 69.2 Å². The van der Waals surface area contributed by atoms with Gasteiger partial charge in [-0.05, 0) is 28.1 Å². The Labute approximate surface area is 97.8 Å². The maximum atomic E-state index is 2.42. The SMILES string of the molecule is CC(C(C(C)(C)C)C(C)(C)C)C(C)(C)C. The van der Waals surface area contributed by atoms with Crippen LogP contribution in [-0.2, 0) is 0 Å². The molecule has 0 amide bonds. The van der Waals surface area contributed by atoms with Gasteiger partial charge in [0.15, 0.2) is 0 Å². The van der Waals surface area contributed by atoms with Crippen LogP contribution >= 0.6 is 0 Å². The fourth-order valence-corrected chi connectivity index (χ4v) is 3.30. The molecular weight excluding hydrogens is 180 g/mol. The molecule has 15 heavy (non-hydrogen) atoms. The van der Waals surface area contributed by atoms with Crippen molar-refractivity contribution in [2.45, 2.75) is 69.2 Å². The molecule has 0 nitrogen and oxygen atoms in total. The molecule has 0 bridgehead atoms. The van der Waals surface area contributed by atoms with Crippen molar-refractivity contribution in [3.8, 4) is 0 Å². The number of rotatable bonds is 1. The lowest BCUT2D eigenvalue weighted by Crippen LogP contribution is -2.42. The van der Waals surface area contributed by atoms with Crippen LogP contribution in [0.3, 0.4) is 0 Å². The Bertz CT molecular complexity index is 178. The van der Waals surface area contributed by atoms with Gasteiger partial charge in [-0.3, -0.25) is 0 Å². The fourth-order valence-electron chi connectivity index (χ4n) is 3.30. The van der Waals surface area contributed by atoms with Gasteiger partial charge in [-0.15, -0.1) is 0 Å². The summed E-state index contributed by atoms with van der Waals surface area (Å²) in [5.41, 5.74) is 1.15. The van der Waals surface area contributed by atoms with Crippen molar-refractivity contribution < 1.29 is 0 Å². The summed E-state index contributed by atoms with van der Waals surface area (Å²) in [6.07, 6.45) is 0. The molecule has 92 valence electrons. The summed E-state index contributed by atoms with van der Waals surface area (Å²) in [6.45, 7) is 23.8. The molecule has 0 aliphatic rings. The Kier molecular flexibility index (Phi) is 4.11. The predicted octanol–water partition coefficient (Wildman–Crippen LogP) is 5.38. The molecule has 0 heteroatoms. The zero-order chi connectivity index (χ0) is 12.7. The van der Waals surface area contributed by atoms with Gasteiger partial charge in [0.1, 0.15) is 0 Å². The second-order valence-electron chi connectivity index (χ2n) is 8.36. The molecule has 0 radical (unpaired) electrons. The maximum Gasteiger partial charge on any atom is -0.0286 e. The van der Waals surface area contributed by atoms with Crippen molar-refractivity contribution in [1.29, 1.82) is 0 Å². The zero-order valence-electron chi connectivity index (χ0n) is 12.7. The Morgan fingerprint density at radius 3 is 0.867 bits per heavy atom. The van der Waals surface area contributed by atoms with Crippen molar-refractivity contribution in [3.63, 3.8) is 0 Å². The van der Waals surface area contributed by atoms with Crippen molar-refractivity contribution in [2.24, 2.45) is 28.1 Å². The van der Waals surface area contributed by atoms with Gasteiger partial charge in [0, 0.05) is 0 Å². The summed E-state index contributed by atoms with van der Waals surface area (Å²) >= 11 is 0. The molecule has 1 unspecified atom stereocenters. The summed E-state index contributed by atoms with van der Waals surface area (Å²) in [4.78, 5) is 0. The van der Waals surface area contributed by atoms with Crippen LogP contribution in [0, 0.1) is 28.1 Å². The van der Waals surface area contributed by atoms with Crippen LogP contribution in [-0.4, -0.2) is 0 Å². The second-order valence-corrected chi connectivity index (χ2v) is 8.36. The van der Waals surface area contributed by atoms with Crippen LogP contribution in [0.4, 0.5) is 0 Å². The van der Waals surface area contributed by atoms with E-state index in [0.717, 1.165) is 11.8 Å². The quantitative estimate of drug-likeness (QED) is 0.547. The molecule has 0 aromatic heterocycles. The van der Waals surface area contributed by atoms with E-state index >= 15 is 0 Å². The first kappa shape index (κ1) is 15.0. The smallest absolute Gasteiger partial charge is 0.0286 e. The maximum absolute atomic E-state index is 2.42. The van der Waals surface area contributed by atoms with Gasteiger partial charge in [-0.2, -0.15) is 0 Å². The van der Waals surface area contributed by atoms with Gasteiger partial charge >= 0.3 is 0 Å².